The predicted molar refractivity (Wildman–Crippen MR) is 68.6 cm³/mol. The summed E-state index contributed by atoms with van der Waals surface area (Å²) in [7, 11) is 0. The van der Waals surface area contributed by atoms with Crippen molar-refractivity contribution in [3.8, 4) is 0 Å². The van der Waals surface area contributed by atoms with Gasteiger partial charge >= 0.3 is 0 Å². The number of aliphatic hydroxyl groups is 4. The SMILES string of the molecule is Cc1ccc(N[C@@H]2O[C@@H](CO)[C@@H](O)[C@@H](O)[C@H]2O)cc1. The highest BCUT2D eigenvalue weighted by molar-refractivity contribution is 5.45. The van der Waals surface area contributed by atoms with Crippen LogP contribution >= 0.6 is 0 Å². The molecule has 1 fully saturated rings. The van der Waals surface area contributed by atoms with Crippen LogP contribution < -0.4 is 5.32 Å². The number of aryl methyl sites for hydroxylation is 1. The van der Waals surface area contributed by atoms with Gasteiger partial charge in [-0.2, -0.15) is 0 Å². The first-order chi connectivity index (χ1) is 9.02. The largest absolute Gasteiger partial charge is 0.394 e. The maximum atomic E-state index is 9.86. The first-order valence-electron chi connectivity index (χ1n) is 6.16. The molecule has 0 amide bonds. The van der Waals surface area contributed by atoms with Gasteiger partial charge in [-0.05, 0) is 19.1 Å². The molecule has 0 radical (unpaired) electrons. The molecule has 0 saturated carbocycles. The van der Waals surface area contributed by atoms with Crippen LogP contribution in [-0.4, -0.2) is 57.7 Å². The van der Waals surface area contributed by atoms with Crippen molar-refractivity contribution in [1.29, 1.82) is 0 Å². The molecule has 1 aliphatic rings. The van der Waals surface area contributed by atoms with Crippen LogP contribution in [0.4, 0.5) is 5.69 Å². The smallest absolute Gasteiger partial charge is 0.157 e. The summed E-state index contributed by atoms with van der Waals surface area (Å²) in [5.74, 6) is 0. The summed E-state index contributed by atoms with van der Waals surface area (Å²) in [5, 5.41) is 41.2. The van der Waals surface area contributed by atoms with Crippen molar-refractivity contribution in [2.75, 3.05) is 11.9 Å². The zero-order chi connectivity index (χ0) is 14.0. The number of aliphatic hydroxyl groups excluding tert-OH is 4. The van der Waals surface area contributed by atoms with E-state index in [-0.39, 0.29) is 0 Å². The Morgan fingerprint density at radius 2 is 1.68 bits per heavy atom. The van der Waals surface area contributed by atoms with Crippen molar-refractivity contribution in [2.24, 2.45) is 0 Å². The number of anilines is 1. The molecule has 1 aromatic rings. The lowest BCUT2D eigenvalue weighted by Crippen LogP contribution is -2.60. The molecule has 0 spiro atoms. The molecule has 5 N–H and O–H groups in total. The molecule has 0 bridgehead atoms. The van der Waals surface area contributed by atoms with Gasteiger partial charge in [0.05, 0.1) is 6.61 Å². The van der Waals surface area contributed by atoms with Crippen LogP contribution in [0.25, 0.3) is 0 Å². The van der Waals surface area contributed by atoms with Crippen LogP contribution in [0, 0.1) is 6.92 Å². The Bertz CT molecular complexity index is 408. The summed E-state index contributed by atoms with van der Waals surface area (Å²) in [5.41, 5.74) is 1.81. The maximum absolute atomic E-state index is 9.86. The Morgan fingerprint density at radius 1 is 1.05 bits per heavy atom. The van der Waals surface area contributed by atoms with Gasteiger partial charge in [0, 0.05) is 5.69 Å². The molecule has 0 unspecified atom stereocenters. The molecular formula is C13H19NO5. The summed E-state index contributed by atoms with van der Waals surface area (Å²) >= 11 is 0. The van der Waals surface area contributed by atoms with E-state index in [2.05, 4.69) is 5.32 Å². The number of nitrogens with one attached hydrogen (secondary N) is 1. The molecule has 1 saturated heterocycles. The van der Waals surface area contributed by atoms with E-state index in [0.717, 1.165) is 11.3 Å². The number of benzene rings is 1. The Balaban J connectivity index is 2.08. The fraction of sp³-hybridized carbons (Fsp3) is 0.538. The summed E-state index contributed by atoms with van der Waals surface area (Å²) < 4.78 is 5.34. The zero-order valence-electron chi connectivity index (χ0n) is 10.6. The van der Waals surface area contributed by atoms with Gasteiger partial charge < -0.3 is 30.5 Å². The molecule has 19 heavy (non-hydrogen) atoms. The van der Waals surface area contributed by atoms with Crippen molar-refractivity contribution < 1.29 is 25.2 Å². The van der Waals surface area contributed by atoms with E-state index in [0.29, 0.717) is 0 Å². The van der Waals surface area contributed by atoms with Gasteiger partial charge in [-0.1, -0.05) is 17.7 Å². The van der Waals surface area contributed by atoms with E-state index in [1.54, 1.807) is 0 Å². The average molecular weight is 269 g/mol. The van der Waals surface area contributed by atoms with Crippen molar-refractivity contribution in [3.63, 3.8) is 0 Å². The molecule has 6 nitrogen and oxygen atoms in total. The van der Waals surface area contributed by atoms with Crippen molar-refractivity contribution in [1.82, 2.24) is 0 Å². The molecule has 1 heterocycles. The molecule has 0 aliphatic carbocycles. The maximum Gasteiger partial charge on any atom is 0.157 e. The fourth-order valence-corrected chi connectivity index (χ4v) is 2.03. The first kappa shape index (κ1) is 14.2. The molecule has 6 heteroatoms. The van der Waals surface area contributed by atoms with E-state index >= 15 is 0 Å². The second-order valence-electron chi connectivity index (χ2n) is 4.76. The van der Waals surface area contributed by atoms with Gasteiger partial charge in [-0.3, -0.25) is 0 Å². The average Bonchev–Trinajstić information content (AvgIpc) is 2.42. The molecule has 1 aromatic carbocycles. The molecule has 5 atom stereocenters. The Labute approximate surface area is 111 Å². The second-order valence-corrected chi connectivity index (χ2v) is 4.76. The Hall–Kier alpha value is -1.18. The second kappa shape index (κ2) is 5.85. The molecule has 106 valence electrons. The predicted octanol–water partition coefficient (Wildman–Crippen LogP) is -0.793. The van der Waals surface area contributed by atoms with Crippen molar-refractivity contribution in [2.45, 2.75) is 37.6 Å². The standard InChI is InChI=1S/C13H19NO5/c1-7-2-4-8(5-3-7)14-13-12(18)11(17)10(16)9(6-15)19-13/h2-5,9-18H,6H2,1H3/t9-,10+,11+,12+,13+/m0/s1. The number of rotatable bonds is 3. The van der Waals surface area contributed by atoms with Crippen LogP contribution in [0.5, 0.6) is 0 Å². The van der Waals surface area contributed by atoms with Crippen molar-refractivity contribution in [3.05, 3.63) is 29.8 Å². The minimum absolute atomic E-state index is 0.434. The van der Waals surface area contributed by atoms with Gasteiger partial charge in [-0.15, -0.1) is 0 Å². The zero-order valence-corrected chi connectivity index (χ0v) is 10.6. The minimum Gasteiger partial charge on any atom is -0.394 e. The monoisotopic (exact) mass is 269 g/mol. The number of hydrogen-bond acceptors (Lipinski definition) is 6. The Morgan fingerprint density at radius 3 is 2.26 bits per heavy atom. The third-order valence-corrected chi connectivity index (χ3v) is 3.25. The van der Waals surface area contributed by atoms with Gasteiger partial charge in [-0.25, -0.2) is 0 Å². The summed E-state index contributed by atoms with van der Waals surface area (Å²) in [6.45, 7) is 1.52. The van der Waals surface area contributed by atoms with Gasteiger partial charge in [0.25, 0.3) is 0 Å². The van der Waals surface area contributed by atoms with Crippen LogP contribution in [0.3, 0.4) is 0 Å². The van der Waals surface area contributed by atoms with E-state index < -0.39 is 37.3 Å². The highest BCUT2D eigenvalue weighted by Crippen LogP contribution is 2.22. The van der Waals surface area contributed by atoms with Crippen LogP contribution in [-0.2, 0) is 4.74 Å². The van der Waals surface area contributed by atoms with Crippen LogP contribution in [0.1, 0.15) is 5.56 Å². The lowest BCUT2D eigenvalue weighted by atomic mass is 9.98. The van der Waals surface area contributed by atoms with Crippen LogP contribution in [0.2, 0.25) is 0 Å². The quantitative estimate of drug-likeness (QED) is 0.493. The Kier molecular flexibility index (Phi) is 4.38. The lowest BCUT2D eigenvalue weighted by molar-refractivity contribution is -0.221. The van der Waals surface area contributed by atoms with Crippen molar-refractivity contribution >= 4 is 5.69 Å². The topological polar surface area (TPSA) is 102 Å². The van der Waals surface area contributed by atoms with E-state index in [1.165, 1.54) is 0 Å². The van der Waals surface area contributed by atoms with Gasteiger partial charge in [0.1, 0.15) is 24.4 Å². The highest BCUT2D eigenvalue weighted by atomic mass is 16.6. The summed E-state index contributed by atoms with van der Waals surface area (Å²) in [6.07, 6.45) is -5.77. The highest BCUT2D eigenvalue weighted by Gasteiger charge is 2.43. The van der Waals surface area contributed by atoms with Gasteiger partial charge in [0.2, 0.25) is 0 Å². The fourth-order valence-electron chi connectivity index (χ4n) is 2.03. The lowest BCUT2D eigenvalue weighted by Gasteiger charge is -2.40. The first-order valence-corrected chi connectivity index (χ1v) is 6.16. The third-order valence-electron chi connectivity index (χ3n) is 3.25. The number of hydrogen-bond donors (Lipinski definition) is 5. The van der Waals surface area contributed by atoms with Gasteiger partial charge in [0.15, 0.2) is 6.23 Å². The van der Waals surface area contributed by atoms with Crippen LogP contribution in [0.15, 0.2) is 24.3 Å². The normalized spacial score (nSPS) is 35.1. The summed E-state index contributed by atoms with van der Waals surface area (Å²) in [4.78, 5) is 0. The summed E-state index contributed by atoms with van der Waals surface area (Å²) in [6, 6.07) is 7.42. The third kappa shape index (κ3) is 3.05. The molecule has 1 aliphatic heterocycles. The van der Waals surface area contributed by atoms with E-state index in [9.17, 15) is 15.3 Å². The molecule has 0 aromatic heterocycles. The van der Waals surface area contributed by atoms with E-state index in [4.69, 9.17) is 9.84 Å². The minimum atomic E-state index is -1.37. The molecule has 2 rings (SSSR count). The molecular weight excluding hydrogens is 250 g/mol. The number of ether oxygens (including phenoxy) is 1. The van der Waals surface area contributed by atoms with E-state index in [1.807, 2.05) is 31.2 Å².